The van der Waals surface area contributed by atoms with Crippen LogP contribution >= 0.6 is 0 Å². The smallest absolute Gasteiger partial charge is 0.245 e. The summed E-state index contributed by atoms with van der Waals surface area (Å²) in [7, 11) is 0. The van der Waals surface area contributed by atoms with Gasteiger partial charge >= 0.3 is 0 Å². The Kier molecular flexibility index (Phi) is 3.89. The molecule has 1 aliphatic rings. The van der Waals surface area contributed by atoms with E-state index in [1.807, 2.05) is 13.8 Å². The van der Waals surface area contributed by atoms with Gasteiger partial charge in [-0.1, -0.05) is 0 Å². The monoisotopic (exact) mass is 235 g/mol. The van der Waals surface area contributed by atoms with E-state index in [9.17, 15) is 0 Å². The van der Waals surface area contributed by atoms with Crippen LogP contribution in [0.25, 0.3) is 0 Å². The van der Waals surface area contributed by atoms with Crippen molar-refractivity contribution >= 4 is 5.95 Å². The number of piperidine rings is 1. The van der Waals surface area contributed by atoms with Gasteiger partial charge in [0.15, 0.2) is 0 Å². The first-order valence-electron chi connectivity index (χ1n) is 6.37. The highest BCUT2D eigenvalue weighted by atomic mass is 15.3. The highest BCUT2D eigenvalue weighted by Crippen LogP contribution is 2.16. The molecule has 0 aliphatic carbocycles. The first kappa shape index (κ1) is 12.2. The van der Waals surface area contributed by atoms with Crippen LogP contribution in [0.15, 0.2) is 0 Å². The van der Waals surface area contributed by atoms with Gasteiger partial charge in [0, 0.05) is 19.1 Å². The first-order valence-corrected chi connectivity index (χ1v) is 6.37. The van der Waals surface area contributed by atoms with Gasteiger partial charge in [-0.25, -0.2) is 4.98 Å². The third-order valence-electron chi connectivity index (χ3n) is 3.39. The van der Waals surface area contributed by atoms with Gasteiger partial charge in [-0.2, -0.15) is 5.10 Å². The third kappa shape index (κ3) is 2.72. The second kappa shape index (κ2) is 5.40. The molecule has 1 saturated heterocycles. The van der Waals surface area contributed by atoms with Crippen LogP contribution in [0, 0.1) is 13.8 Å². The van der Waals surface area contributed by atoms with E-state index in [1.54, 1.807) is 0 Å². The van der Waals surface area contributed by atoms with E-state index in [0.717, 1.165) is 37.0 Å². The lowest BCUT2D eigenvalue weighted by Gasteiger charge is -2.33. The molecular formula is C12H21N5. The second-order valence-electron chi connectivity index (χ2n) is 4.57. The van der Waals surface area contributed by atoms with Crippen LogP contribution in [0.3, 0.4) is 0 Å². The first-order chi connectivity index (χ1) is 8.22. The van der Waals surface area contributed by atoms with Crippen molar-refractivity contribution in [2.75, 3.05) is 24.5 Å². The molecule has 1 fully saturated rings. The number of anilines is 1. The molecule has 1 atom stereocenters. The Morgan fingerprint density at radius 1 is 1.29 bits per heavy atom. The summed E-state index contributed by atoms with van der Waals surface area (Å²) in [6.45, 7) is 9.14. The van der Waals surface area contributed by atoms with Gasteiger partial charge in [-0.05, 0) is 40.2 Å². The molecule has 0 saturated carbocycles. The van der Waals surface area contributed by atoms with Gasteiger partial charge in [0.1, 0.15) is 0 Å². The number of hydrogen-bond acceptors (Lipinski definition) is 5. The van der Waals surface area contributed by atoms with E-state index in [2.05, 4.69) is 32.3 Å². The van der Waals surface area contributed by atoms with Crippen LogP contribution in [-0.4, -0.2) is 40.9 Å². The lowest BCUT2D eigenvalue weighted by Crippen LogP contribution is -2.47. The van der Waals surface area contributed by atoms with Crippen molar-refractivity contribution in [1.82, 2.24) is 20.5 Å². The van der Waals surface area contributed by atoms with Crippen molar-refractivity contribution < 1.29 is 0 Å². The number of hydrogen-bond donors (Lipinski definition) is 1. The van der Waals surface area contributed by atoms with Gasteiger partial charge in [-0.15, -0.1) is 5.10 Å². The van der Waals surface area contributed by atoms with Crippen molar-refractivity contribution in [2.45, 2.75) is 39.7 Å². The Hall–Kier alpha value is -1.23. The molecular weight excluding hydrogens is 214 g/mol. The summed E-state index contributed by atoms with van der Waals surface area (Å²) in [6, 6.07) is 0.498. The Labute approximate surface area is 103 Å². The minimum Gasteiger partial charge on any atom is -0.336 e. The Bertz CT molecular complexity index is 373. The fourth-order valence-electron chi connectivity index (χ4n) is 2.23. The second-order valence-corrected chi connectivity index (χ2v) is 4.57. The standard InChI is InChI=1S/C12H21N5/c1-4-17(11-6-5-7-13-8-11)12-14-9(2)10(3)15-16-12/h11,13H,4-8H2,1-3H3. The van der Waals surface area contributed by atoms with Gasteiger partial charge < -0.3 is 10.2 Å². The largest absolute Gasteiger partial charge is 0.336 e. The fourth-order valence-corrected chi connectivity index (χ4v) is 2.23. The molecule has 0 spiro atoms. The number of aromatic nitrogens is 3. The molecule has 1 aliphatic heterocycles. The maximum Gasteiger partial charge on any atom is 0.245 e. The molecule has 5 nitrogen and oxygen atoms in total. The molecule has 5 heteroatoms. The number of rotatable bonds is 3. The topological polar surface area (TPSA) is 53.9 Å². The van der Waals surface area contributed by atoms with E-state index in [0.29, 0.717) is 6.04 Å². The highest BCUT2D eigenvalue weighted by molar-refractivity contribution is 5.31. The summed E-state index contributed by atoms with van der Waals surface area (Å²) in [5.41, 5.74) is 1.88. The van der Waals surface area contributed by atoms with Crippen LogP contribution in [0.1, 0.15) is 31.2 Å². The van der Waals surface area contributed by atoms with E-state index in [4.69, 9.17) is 0 Å². The lowest BCUT2D eigenvalue weighted by molar-refractivity contribution is 0.430. The van der Waals surface area contributed by atoms with Crippen LogP contribution < -0.4 is 10.2 Å². The van der Waals surface area contributed by atoms with Crippen LogP contribution in [0.5, 0.6) is 0 Å². The maximum atomic E-state index is 4.54. The molecule has 0 bridgehead atoms. The molecule has 1 aromatic rings. The molecule has 0 radical (unpaired) electrons. The van der Waals surface area contributed by atoms with Crippen molar-refractivity contribution in [3.63, 3.8) is 0 Å². The average Bonchev–Trinajstić information content (AvgIpc) is 2.36. The van der Waals surface area contributed by atoms with Gasteiger partial charge in [0.05, 0.1) is 11.4 Å². The summed E-state index contributed by atoms with van der Waals surface area (Å²) >= 11 is 0. The van der Waals surface area contributed by atoms with Crippen molar-refractivity contribution in [1.29, 1.82) is 0 Å². The molecule has 1 unspecified atom stereocenters. The number of nitrogens with zero attached hydrogens (tertiary/aromatic N) is 4. The normalized spacial score (nSPS) is 20.3. The van der Waals surface area contributed by atoms with Crippen LogP contribution in [0.2, 0.25) is 0 Å². The Morgan fingerprint density at radius 2 is 2.12 bits per heavy atom. The predicted octanol–water partition coefficient (Wildman–Crippen LogP) is 1.07. The lowest BCUT2D eigenvalue weighted by atomic mass is 10.1. The highest BCUT2D eigenvalue weighted by Gasteiger charge is 2.22. The Morgan fingerprint density at radius 3 is 2.71 bits per heavy atom. The van der Waals surface area contributed by atoms with E-state index in [1.165, 1.54) is 12.8 Å². The molecule has 2 rings (SSSR count). The summed E-state index contributed by atoms with van der Waals surface area (Å²) in [5, 5.41) is 11.8. The van der Waals surface area contributed by atoms with Crippen molar-refractivity contribution in [3.8, 4) is 0 Å². The molecule has 17 heavy (non-hydrogen) atoms. The summed E-state index contributed by atoms with van der Waals surface area (Å²) in [5.74, 6) is 0.768. The minimum atomic E-state index is 0.498. The van der Waals surface area contributed by atoms with Gasteiger partial charge in [0.25, 0.3) is 0 Å². The SMILES string of the molecule is CCN(c1nnc(C)c(C)n1)C1CCCNC1. The predicted molar refractivity (Wildman–Crippen MR) is 68.2 cm³/mol. The zero-order valence-corrected chi connectivity index (χ0v) is 10.9. The minimum absolute atomic E-state index is 0.498. The number of likely N-dealkylation sites (N-methyl/N-ethyl adjacent to an activating group) is 1. The molecule has 0 amide bonds. The maximum absolute atomic E-state index is 4.54. The zero-order valence-electron chi connectivity index (χ0n) is 10.9. The molecule has 94 valence electrons. The zero-order chi connectivity index (χ0) is 12.3. The molecule has 1 N–H and O–H groups in total. The third-order valence-corrected chi connectivity index (χ3v) is 3.39. The molecule has 0 aromatic carbocycles. The summed E-state index contributed by atoms with van der Waals surface area (Å²) in [6.07, 6.45) is 2.43. The van der Waals surface area contributed by atoms with Crippen molar-refractivity contribution in [3.05, 3.63) is 11.4 Å². The number of aryl methyl sites for hydroxylation is 2. The Balaban J connectivity index is 2.18. The quantitative estimate of drug-likeness (QED) is 0.849. The number of nitrogens with one attached hydrogen (secondary N) is 1. The average molecular weight is 235 g/mol. The molecule has 2 heterocycles. The van der Waals surface area contributed by atoms with Crippen LogP contribution in [-0.2, 0) is 0 Å². The van der Waals surface area contributed by atoms with Crippen LogP contribution in [0.4, 0.5) is 5.95 Å². The van der Waals surface area contributed by atoms with E-state index < -0.39 is 0 Å². The van der Waals surface area contributed by atoms with E-state index in [-0.39, 0.29) is 0 Å². The summed E-state index contributed by atoms with van der Waals surface area (Å²) < 4.78 is 0. The van der Waals surface area contributed by atoms with E-state index >= 15 is 0 Å². The van der Waals surface area contributed by atoms with Gasteiger partial charge in [0.2, 0.25) is 5.95 Å². The van der Waals surface area contributed by atoms with Crippen molar-refractivity contribution in [2.24, 2.45) is 0 Å². The summed E-state index contributed by atoms with van der Waals surface area (Å²) in [4.78, 5) is 6.80. The molecule has 1 aromatic heterocycles. The fraction of sp³-hybridized carbons (Fsp3) is 0.750. The van der Waals surface area contributed by atoms with Gasteiger partial charge in [-0.3, -0.25) is 0 Å².